The molecule has 180 valence electrons. The molecule has 1 aliphatic carbocycles. The lowest BCUT2D eigenvalue weighted by molar-refractivity contribution is 0.0629. The Balaban J connectivity index is 0.00000140. The Hall–Kier alpha value is -3.94. The summed E-state index contributed by atoms with van der Waals surface area (Å²) in [5.74, 6) is 2.54. The van der Waals surface area contributed by atoms with E-state index in [0.717, 1.165) is 42.5 Å². The minimum Gasteiger partial charge on any atom is -0.495 e. The first-order valence-electron chi connectivity index (χ1n) is 12.1. The summed E-state index contributed by atoms with van der Waals surface area (Å²) >= 11 is 0. The third-order valence-electron chi connectivity index (χ3n) is 8.38. The van der Waals surface area contributed by atoms with E-state index in [-0.39, 0.29) is 14.7 Å². The van der Waals surface area contributed by atoms with Gasteiger partial charge in [-0.15, -0.1) is 0 Å². The number of likely N-dealkylation sites (tertiary alicyclic amines) is 2. The van der Waals surface area contributed by atoms with Crippen molar-refractivity contribution in [1.29, 1.82) is 0 Å². The molecule has 3 aliphatic rings. The standard InChI is InChI=1S/C27H25N5O3.2H2/c1-35-25-17-5-3-2-4-15(17)6-8-18(25)27(34)32-13-21-19-11-31(12-20(19)22(21)14-32)26(33)16-7-9-23-24(10-16)29-30-28-23;;/h2-10,19-22H,11-14H2,1H3,(H,28,29,30);2*1H/t19-,20+,21?,22?;;. The molecule has 3 heterocycles. The summed E-state index contributed by atoms with van der Waals surface area (Å²) in [6, 6.07) is 17.3. The second-order valence-electron chi connectivity index (χ2n) is 9.97. The molecule has 3 fully saturated rings. The molecule has 1 aromatic heterocycles. The third-order valence-corrected chi connectivity index (χ3v) is 8.38. The van der Waals surface area contributed by atoms with E-state index >= 15 is 0 Å². The minimum atomic E-state index is 0. The summed E-state index contributed by atoms with van der Waals surface area (Å²) in [4.78, 5) is 30.7. The van der Waals surface area contributed by atoms with Crippen LogP contribution >= 0.6 is 0 Å². The van der Waals surface area contributed by atoms with E-state index in [1.807, 2.05) is 58.3 Å². The number of hydrogen-bond donors (Lipinski definition) is 1. The summed E-state index contributed by atoms with van der Waals surface area (Å²) in [7, 11) is 1.63. The number of nitrogens with zero attached hydrogens (tertiary/aromatic N) is 4. The highest BCUT2D eigenvalue weighted by atomic mass is 16.5. The molecule has 0 radical (unpaired) electrons. The number of benzene rings is 3. The fourth-order valence-electron chi connectivity index (χ4n) is 6.66. The van der Waals surface area contributed by atoms with Gasteiger partial charge in [-0.2, -0.15) is 15.4 Å². The summed E-state index contributed by atoms with van der Waals surface area (Å²) in [6.45, 7) is 2.99. The van der Waals surface area contributed by atoms with E-state index in [2.05, 4.69) is 15.4 Å². The molecule has 2 aliphatic heterocycles. The lowest BCUT2D eigenvalue weighted by atomic mass is 9.60. The zero-order valence-corrected chi connectivity index (χ0v) is 19.3. The van der Waals surface area contributed by atoms with Gasteiger partial charge in [0.1, 0.15) is 16.8 Å². The topological polar surface area (TPSA) is 91.4 Å². The lowest BCUT2D eigenvalue weighted by Gasteiger charge is -2.42. The predicted molar refractivity (Wildman–Crippen MR) is 134 cm³/mol. The van der Waals surface area contributed by atoms with Crippen molar-refractivity contribution in [3.8, 4) is 5.75 Å². The van der Waals surface area contributed by atoms with Crippen LogP contribution in [0.3, 0.4) is 0 Å². The van der Waals surface area contributed by atoms with Crippen LogP contribution in [0.1, 0.15) is 23.6 Å². The number of amides is 2. The van der Waals surface area contributed by atoms with E-state index in [9.17, 15) is 9.59 Å². The van der Waals surface area contributed by atoms with Crippen molar-refractivity contribution in [2.75, 3.05) is 33.3 Å². The Labute approximate surface area is 204 Å². The number of aromatic amines is 1. The molecule has 4 atom stereocenters. The molecule has 35 heavy (non-hydrogen) atoms. The molecule has 8 heteroatoms. The molecule has 4 aromatic rings. The molecule has 0 bridgehead atoms. The summed E-state index contributed by atoms with van der Waals surface area (Å²) < 4.78 is 5.69. The molecule has 2 unspecified atom stereocenters. The summed E-state index contributed by atoms with van der Waals surface area (Å²) in [5, 5.41) is 12.8. The first kappa shape index (κ1) is 20.4. The van der Waals surface area contributed by atoms with Gasteiger partial charge in [0.25, 0.3) is 11.8 Å². The zero-order valence-electron chi connectivity index (χ0n) is 19.3. The summed E-state index contributed by atoms with van der Waals surface area (Å²) in [6.07, 6.45) is 0. The van der Waals surface area contributed by atoms with Crippen molar-refractivity contribution in [2.45, 2.75) is 0 Å². The number of carbonyl (C=O) groups excluding carboxylic acids is 2. The van der Waals surface area contributed by atoms with E-state index in [1.54, 1.807) is 13.2 Å². The van der Waals surface area contributed by atoms with Crippen molar-refractivity contribution in [1.82, 2.24) is 25.2 Å². The van der Waals surface area contributed by atoms with Crippen molar-refractivity contribution in [2.24, 2.45) is 23.7 Å². The number of ether oxygens (including phenoxy) is 1. The quantitative estimate of drug-likeness (QED) is 0.492. The van der Waals surface area contributed by atoms with Gasteiger partial charge in [-0.05, 0) is 53.3 Å². The maximum Gasteiger partial charge on any atom is 0.257 e. The van der Waals surface area contributed by atoms with Crippen molar-refractivity contribution >= 4 is 33.6 Å². The van der Waals surface area contributed by atoms with Crippen LogP contribution in [-0.4, -0.2) is 70.3 Å². The van der Waals surface area contributed by atoms with Crippen LogP contribution in [0.25, 0.3) is 21.8 Å². The maximum atomic E-state index is 13.5. The first-order valence-corrected chi connectivity index (χ1v) is 12.1. The Morgan fingerprint density at radius 3 is 2.23 bits per heavy atom. The van der Waals surface area contributed by atoms with E-state index in [1.165, 1.54) is 0 Å². The van der Waals surface area contributed by atoms with Gasteiger partial charge in [0.2, 0.25) is 0 Å². The lowest BCUT2D eigenvalue weighted by Crippen LogP contribution is -2.44. The highest BCUT2D eigenvalue weighted by Crippen LogP contribution is 2.54. The van der Waals surface area contributed by atoms with Gasteiger partial charge in [-0.25, -0.2) is 0 Å². The van der Waals surface area contributed by atoms with Crippen molar-refractivity contribution in [3.05, 3.63) is 65.7 Å². The van der Waals surface area contributed by atoms with Crippen LogP contribution in [0.5, 0.6) is 5.75 Å². The van der Waals surface area contributed by atoms with Gasteiger partial charge in [-0.3, -0.25) is 9.59 Å². The number of methoxy groups -OCH3 is 1. The number of hydrogen-bond acceptors (Lipinski definition) is 5. The second kappa shape index (κ2) is 7.53. The number of nitrogens with one attached hydrogen (secondary N) is 1. The zero-order chi connectivity index (χ0) is 23.7. The van der Waals surface area contributed by atoms with Crippen LogP contribution in [0.4, 0.5) is 0 Å². The molecule has 1 saturated carbocycles. The molecule has 0 spiro atoms. The van der Waals surface area contributed by atoms with Crippen LogP contribution < -0.4 is 4.74 Å². The first-order chi connectivity index (χ1) is 17.1. The Kier molecular flexibility index (Phi) is 4.40. The normalized spacial score (nSPS) is 24.9. The van der Waals surface area contributed by atoms with Crippen LogP contribution in [0.2, 0.25) is 0 Å². The van der Waals surface area contributed by atoms with E-state index in [4.69, 9.17) is 4.74 Å². The average molecular weight is 472 g/mol. The molecule has 1 N–H and O–H groups in total. The Morgan fingerprint density at radius 2 is 1.51 bits per heavy atom. The van der Waals surface area contributed by atoms with Gasteiger partial charge in [0, 0.05) is 40.0 Å². The van der Waals surface area contributed by atoms with Gasteiger partial charge >= 0.3 is 0 Å². The molecule has 3 aromatic carbocycles. The van der Waals surface area contributed by atoms with Crippen LogP contribution in [-0.2, 0) is 0 Å². The third kappa shape index (κ3) is 2.98. The van der Waals surface area contributed by atoms with Crippen molar-refractivity contribution in [3.63, 3.8) is 0 Å². The van der Waals surface area contributed by atoms with E-state index in [0.29, 0.717) is 46.1 Å². The van der Waals surface area contributed by atoms with Gasteiger partial charge < -0.3 is 14.5 Å². The largest absolute Gasteiger partial charge is 0.495 e. The maximum absolute atomic E-state index is 13.5. The molecule has 7 rings (SSSR count). The monoisotopic (exact) mass is 471 g/mol. The highest BCUT2D eigenvalue weighted by molar-refractivity contribution is 6.04. The van der Waals surface area contributed by atoms with Gasteiger partial charge in [0.15, 0.2) is 0 Å². The Morgan fingerprint density at radius 1 is 0.857 bits per heavy atom. The SMILES string of the molecule is COc1c(C(=O)N2CC3C(C2)[C@@H]2CN(C(=O)c4ccc5n[nH]nc5c4)C[C@H]32)ccc2ccccc12.[HH].[HH]. The number of rotatable bonds is 3. The minimum absolute atomic E-state index is 0. The number of aromatic nitrogens is 3. The Bertz CT molecular complexity index is 1490. The van der Waals surface area contributed by atoms with Gasteiger partial charge in [0.05, 0.1) is 12.7 Å². The fourth-order valence-corrected chi connectivity index (χ4v) is 6.66. The number of fused-ring (bicyclic) bond motifs is 6. The fraction of sp³-hybridized carbons (Fsp3) is 0.333. The number of carbonyl (C=O) groups is 2. The molecule has 2 saturated heterocycles. The predicted octanol–water partition coefficient (Wildman–Crippen LogP) is 3.70. The van der Waals surface area contributed by atoms with Crippen LogP contribution in [0.15, 0.2) is 54.6 Å². The van der Waals surface area contributed by atoms with Crippen molar-refractivity contribution < 1.29 is 17.2 Å². The molecular weight excluding hydrogens is 442 g/mol. The summed E-state index contributed by atoms with van der Waals surface area (Å²) in [5.41, 5.74) is 2.73. The highest BCUT2D eigenvalue weighted by Gasteiger charge is 2.59. The number of H-pyrrole nitrogens is 1. The average Bonchev–Trinajstić information content (AvgIpc) is 3.61. The smallest absolute Gasteiger partial charge is 0.257 e. The second-order valence-corrected chi connectivity index (χ2v) is 9.97. The molecule has 2 amide bonds. The van der Waals surface area contributed by atoms with E-state index < -0.39 is 0 Å². The molecule has 8 nitrogen and oxygen atoms in total. The molecular formula is C27H29N5O3. The van der Waals surface area contributed by atoms with Gasteiger partial charge in [-0.1, -0.05) is 30.3 Å². The van der Waals surface area contributed by atoms with Crippen LogP contribution in [0, 0.1) is 23.7 Å².